The van der Waals surface area contributed by atoms with Crippen molar-refractivity contribution in [3.63, 3.8) is 0 Å². The van der Waals surface area contributed by atoms with Crippen LogP contribution in [0, 0.1) is 6.92 Å². The van der Waals surface area contributed by atoms with Crippen molar-refractivity contribution in [3.05, 3.63) is 58.1 Å². The molecule has 0 saturated heterocycles. The van der Waals surface area contributed by atoms with Crippen molar-refractivity contribution in [1.29, 1.82) is 0 Å². The van der Waals surface area contributed by atoms with Crippen molar-refractivity contribution < 1.29 is 0 Å². The van der Waals surface area contributed by atoms with Gasteiger partial charge in [-0.2, -0.15) is 0 Å². The predicted molar refractivity (Wildman–Crippen MR) is 90.7 cm³/mol. The van der Waals surface area contributed by atoms with E-state index in [0.717, 1.165) is 10.9 Å². The molecule has 0 bridgehead atoms. The maximum Gasteiger partial charge on any atom is 0.0437 e. The van der Waals surface area contributed by atoms with E-state index in [1.807, 2.05) is 6.92 Å². The fraction of sp³-hybridized carbons (Fsp3) is 0.294. The molecule has 2 N–H and O–H groups in total. The second kappa shape index (κ2) is 6.42. The molecule has 0 aliphatic heterocycles. The number of anilines is 2. The smallest absolute Gasteiger partial charge is 0.0437 e. The van der Waals surface area contributed by atoms with Gasteiger partial charge >= 0.3 is 0 Å². The largest absolute Gasteiger partial charge is 0.344 e. The van der Waals surface area contributed by atoms with Crippen LogP contribution in [0.15, 0.2) is 46.9 Å². The van der Waals surface area contributed by atoms with Gasteiger partial charge in [-0.05, 0) is 49.6 Å². The molecule has 0 radical (unpaired) electrons. The normalized spacial score (nSPS) is 12.2. The molecule has 2 aromatic rings. The van der Waals surface area contributed by atoms with Gasteiger partial charge in [0.2, 0.25) is 0 Å². The molecule has 0 aliphatic rings. The summed E-state index contributed by atoms with van der Waals surface area (Å²) in [6.45, 7) is 4.16. The lowest BCUT2D eigenvalue weighted by atomic mass is 10.1. The zero-order valence-corrected chi connectivity index (χ0v) is 13.8. The lowest BCUT2D eigenvalue weighted by molar-refractivity contribution is 0.736. The van der Waals surface area contributed by atoms with Crippen molar-refractivity contribution in [3.8, 4) is 0 Å². The highest BCUT2D eigenvalue weighted by atomic mass is 79.9. The Morgan fingerprint density at radius 3 is 2.50 bits per heavy atom. The summed E-state index contributed by atoms with van der Waals surface area (Å²) < 4.78 is 1.12. The topological polar surface area (TPSA) is 29.3 Å². The maximum absolute atomic E-state index is 5.87. The number of aryl methyl sites for hydroxylation is 1. The van der Waals surface area contributed by atoms with Crippen LogP contribution in [0.3, 0.4) is 0 Å². The van der Waals surface area contributed by atoms with Crippen LogP contribution in [0.4, 0.5) is 11.4 Å². The third kappa shape index (κ3) is 3.41. The SMILES string of the molecule is Cc1ccccc1N(C)c1ccc(CC(C)N)c(Br)c1. The Morgan fingerprint density at radius 2 is 1.90 bits per heavy atom. The molecule has 2 aromatic carbocycles. The van der Waals surface area contributed by atoms with E-state index >= 15 is 0 Å². The first-order valence-electron chi connectivity index (χ1n) is 6.82. The summed E-state index contributed by atoms with van der Waals surface area (Å²) in [6, 6.07) is 15.0. The highest BCUT2D eigenvalue weighted by Crippen LogP contribution is 2.30. The average molecular weight is 333 g/mol. The molecule has 3 heteroatoms. The van der Waals surface area contributed by atoms with Crippen molar-refractivity contribution in [2.75, 3.05) is 11.9 Å². The van der Waals surface area contributed by atoms with E-state index in [1.54, 1.807) is 0 Å². The summed E-state index contributed by atoms with van der Waals surface area (Å²) in [6.07, 6.45) is 0.884. The van der Waals surface area contributed by atoms with Crippen LogP contribution in [-0.4, -0.2) is 13.1 Å². The highest BCUT2D eigenvalue weighted by Gasteiger charge is 2.09. The van der Waals surface area contributed by atoms with Crippen molar-refractivity contribution in [1.82, 2.24) is 0 Å². The second-order valence-electron chi connectivity index (χ2n) is 5.30. The van der Waals surface area contributed by atoms with Crippen LogP contribution in [0.2, 0.25) is 0 Å². The summed E-state index contributed by atoms with van der Waals surface area (Å²) in [4.78, 5) is 2.20. The van der Waals surface area contributed by atoms with Crippen LogP contribution in [-0.2, 0) is 6.42 Å². The van der Waals surface area contributed by atoms with Crippen molar-refractivity contribution in [2.45, 2.75) is 26.3 Å². The number of para-hydroxylation sites is 1. The average Bonchev–Trinajstić information content (AvgIpc) is 2.40. The Kier molecular flexibility index (Phi) is 4.84. The minimum absolute atomic E-state index is 0.172. The third-order valence-electron chi connectivity index (χ3n) is 3.44. The molecule has 0 fully saturated rings. The fourth-order valence-electron chi connectivity index (χ4n) is 2.34. The van der Waals surface area contributed by atoms with E-state index in [2.05, 4.69) is 77.3 Å². The van der Waals surface area contributed by atoms with Gasteiger partial charge in [0.05, 0.1) is 0 Å². The molecule has 0 spiro atoms. The lowest BCUT2D eigenvalue weighted by Gasteiger charge is -2.22. The fourth-order valence-corrected chi connectivity index (χ4v) is 2.86. The third-order valence-corrected chi connectivity index (χ3v) is 4.18. The van der Waals surface area contributed by atoms with Crippen LogP contribution in [0.1, 0.15) is 18.1 Å². The van der Waals surface area contributed by atoms with Gasteiger partial charge < -0.3 is 10.6 Å². The molecule has 0 aliphatic carbocycles. The van der Waals surface area contributed by atoms with Crippen LogP contribution < -0.4 is 10.6 Å². The molecule has 0 heterocycles. The summed E-state index contributed by atoms with van der Waals surface area (Å²) in [5.41, 5.74) is 10.8. The van der Waals surface area contributed by atoms with E-state index in [9.17, 15) is 0 Å². The molecule has 1 unspecified atom stereocenters. The monoisotopic (exact) mass is 332 g/mol. The Morgan fingerprint density at radius 1 is 1.20 bits per heavy atom. The van der Waals surface area contributed by atoms with Crippen LogP contribution in [0.5, 0.6) is 0 Å². The van der Waals surface area contributed by atoms with Gasteiger partial charge in [0.15, 0.2) is 0 Å². The number of hydrogen-bond donors (Lipinski definition) is 1. The van der Waals surface area contributed by atoms with Crippen LogP contribution in [0.25, 0.3) is 0 Å². The summed E-state index contributed by atoms with van der Waals surface area (Å²) in [5, 5.41) is 0. The van der Waals surface area contributed by atoms with Gasteiger partial charge in [-0.25, -0.2) is 0 Å². The Bertz CT molecular complexity index is 593. The minimum atomic E-state index is 0.172. The number of nitrogens with two attached hydrogens (primary N) is 1. The first-order valence-corrected chi connectivity index (χ1v) is 7.61. The zero-order valence-electron chi connectivity index (χ0n) is 12.2. The molecular weight excluding hydrogens is 312 g/mol. The standard InChI is InChI=1S/C17H21BrN2/c1-12-6-4-5-7-17(12)20(3)15-9-8-14(10-13(2)19)16(18)11-15/h4-9,11,13H,10,19H2,1-3H3. The molecule has 1 atom stereocenters. The van der Waals surface area contributed by atoms with E-state index in [1.165, 1.54) is 22.5 Å². The van der Waals surface area contributed by atoms with Gasteiger partial charge in [-0.1, -0.05) is 40.2 Å². The van der Waals surface area contributed by atoms with Gasteiger partial charge in [-0.3, -0.25) is 0 Å². The molecule has 20 heavy (non-hydrogen) atoms. The molecule has 2 nitrogen and oxygen atoms in total. The quantitative estimate of drug-likeness (QED) is 0.898. The first-order chi connectivity index (χ1) is 9.49. The van der Waals surface area contributed by atoms with Crippen molar-refractivity contribution >= 4 is 27.3 Å². The maximum atomic E-state index is 5.87. The summed E-state index contributed by atoms with van der Waals surface area (Å²) >= 11 is 3.65. The van der Waals surface area contributed by atoms with Crippen molar-refractivity contribution in [2.24, 2.45) is 5.73 Å². The van der Waals surface area contributed by atoms with Gasteiger partial charge in [0, 0.05) is 28.9 Å². The van der Waals surface area contributed by atoms with E-state index in [0.29, 0.717) is 0 Å². The molecule has 0 amide bonds. The first kappa shape index (κ1) is 15.1. The number of hydrogen-bond acceptors (Lipinski definition) is 2. The number of benzene rings is 2. The minimum Gasteiger partial charge on any atom is -0.344 e. The van der Waals surface area contributed by atoms with E-state index < -0.39 is 0 Å². The predicted octanol–water partition coefficient (Wildman–Crippen LogP) is 4.42. The van der Waals surface area contributed by atoms with Crippen LogP contribution >= 0.6 is 15.9 Å². The van der Waals surface area contributed by atoms with E-state index in [-0.39, 0.29) is 6.04 Å². The second-order valence-corrected chi connectivity index (χ2v) is 6.16. The molecule has 106 valence electrons. The highest BCUT2D eigenvalue weighted by molar-refractivity contribution is 9.10. The molecule has 0 saturated carbocycles. The Balaban J connectivity index is 2.30. The zero-order chi connectivity index (χ0) is 14.7. The summed E-state index contributed by atoms with van der Waals surface area (Å²) in [7, 11) is 2.09. The number of nitrogens with zero attached hydrogens (tertiary/aromatic N) is 1. The Labute approximate surface area is 129 Å². The van der Waals surface area contributed by atoms with E-state index in [4.69, 9.17) is 5.73 Å². The van der Waals surface area contributed by atoms with Gasteiger partial charge in [0.25, 0.3) is 0 Å². The van der Waals surface area contributed by atoms with Gasteiger partial charge in [0.1, 0.15) is 0 Å². The number of halogens is 1. The van der Waals surface area contributed by atoms with Gasteiger partial charge in [-0.15, -0.1) is 0 Å². The number of rotatable bonds is 4. The molecule has 0 aromatic heterocycles. The molecule has 2 rings (SSSR count). The molecular formula is C17H21BrN2. The lowest BCUT2D eigenvalue weighted by Crippen LogP contribution is -2.18. The Hall–Kier alpha value is -1.32. The summed E-state index contributed by atoms with van der Waals surface area (Å²) in [5.74, 6) is 0.